The first kappa shape index (κ1) is 19.8. The molecule has 2 aliphatic heterocycles. The molecule has 2 heterocycles. The Morgan fingerprint density at radius 2 is 1.62 bits per heavy atom. The van der Waals surface area contributed by atoms with Gasteiger partial charge in [-0.05, 0) is 55.3 Å². The number of ether oxygens (including phenoxy) is 2. The van der Waals surface area contributed by atoms with Crippen molar-refractivity contribution in [1.82, 2.24) is 0 Å². The highest BCUT2D eigenvalue weighted by molar-refractivity contribution is 6.46. The van der Waals surface area contributed by atoms with Crippen molar-refractivity contribution in [3.63, 3.8) is 0 Å². The van der Waals surface area contributed by atoms with Crippen LogP contribution in [0, 0.1) is 19.7 Å². The Balaban J connectivity index is 1.61. The van der Waals surface area contributed by atoms with E-state index in [4.69, 9.17) is 9.47 Å². The van der Waals surface area contributed by atoms with Crippen LogP contribution in [-0.4, -0.2) is 18.6 Å². The Hall–Kier alpha value is -4.13. The maximum absolute atomic E-state index is 13.5. The zero-order valence-electron chi connectivity index (χ0n) is 17.4. The average molecular weight is 430 g/mol. The highest BCUT2D eigenvalue weighted by Gasteiger charge is 2.41. The van der Waals surface area contributed by atoms with Crippen LogP contribution in [0.5, 0.6) is 11.5 Å². The number of hydrogen-bond acceptors (Lipinski definition) is 5. The number of anilines is 2. The molecule has 160 valence electrons. The molecular weight excluding hydrogens is 411 g/mol. The fourth-order valence-corrected chi connectivity index (χ4v) is 3.92. The van der Waals surface area contributed by atoms with Crippen molar-refractivity contribution in [1.29, 1.82) is 0 Å². The molecule has 0 fully saturated rings. The van der Waals surface area contributed by atoms with Crippen molar-refractivity contribution < 1.29 is 23.5 Å². The predicted molar refractivity (Wildman–Crippen MR) is 118 cm³/mol. The van der Waals surface area contributed by atoms with Gasteiger partial charge in [0.2, 0.25) is 6.79 Å². The molecule has 1 N–H and O–H groups in total. The third-order valence-corrected chi connectivity index (χ3v) is 5.45. The first-order chi connectivity index (χ1) is 15.4. The number of rotatable bonds is 4. The zero-order chi connectivity index (χ0) is 22.4. The van der Waals surface area contributed by atoms with Crippen LogP contribution in [0.2, 0.25) is 0 Å². The standard InChI is InChI=1S/C25H19FN2O4/c1-14-3-9-19(15(2)11-14)28-24(29)22(16-4-6-17(26)7-5-16)23(25(28)30)27-18-8-10-20-21(12-18)32-13-31-20/h3-12,27H,13H2,1-2H3. The summed E-state index contributed by atoms with van der Waals surface area (Å²) >= 11 is 0. The summed E-state index contributed by atoms with van der Waals surface area (Å²) in [6.07, 6.45) is 0. The highest BCUT2D eigenvalue weighted by Crippen LogP contribution is 2.38. The van der Waals surface area contributed by atoms with Gasteiger partial charge < -0.3 is 14.8 Å². The van der Waals surface area contributed by atoms with Crippen molar-refractivity contribution >= 4 is 28.8 Å². The second-order valence-corrected chi connectivity index (χ2v) is 7.69. The number of aryl methyl sites for hydroxylation is 2. The van der Waals surface area contributed by atoms with Gasteiger partial charge in [-0.1, -0.05) is 29.8 Å². The second kappa shape index (κ2) is 7.53. The minimum atomic E-state index is -0.487. The summed E-state index contributed by atoms with van der Waals surface area (Å²) < 4.78 is 24.3. The third-order valence-electron chi connectivity index (χ3n) is 5.45. The summed E-state index contributed by atoms with van der Waals surface area (Å²) in [7, 11) is 0. The number of amides is 2. The van der Waals surface area contributed by atoms with Gasteiger partial charge in [-0.15, -0.1) is 0 Å². The van der Waals surface area contributed by atoms with Gasteiger partial charge in [0, 0.05) is 11.8 Å². The number of halogens is 1. The number of carbonyl (C=O) groups is 2. The van der Waals surface area contributed by atoms with Crippen molar-refractivity contribution in [3.05, 3.63) is 88.9 Å². The first-order valence-corrected chi connectivity index (χ1v) is 10.1. The van der Waals surface area contributed by atoms with E-state index in [0.29, 0.717) is 28.4 Å². The summed E-state index contributed by atoms with van der Waals surface area (Å²) in [5, 5.41) is 3.08. The van der Waals surface area contributed by atoms with Crippen LogP contribution in [0.1, 0.15) is 16.7 Å². The van der Waals surface area contributed by atoms with Crippen molar-refractivity contribution in [3.8, 4) is 11.5 Å². The van der Waals surface area contributed by atoms with Gasteiger partial charge in [-0.3, -0.25) is 9.59 Å². The molecular formula is C25H19FN2O4. The molecule has 0 unspecified atom stereocenters. The molecule has 32 heavy (non-hydrogen) atoms. The Bertz CT molecular complexity index is 1300. The summed E-state index contributed by atoms with van der Waals surface area (Å²) in [5.74, 6) is -0.241. The number of nitrogens with zero attached hydrogens (tertiary/aromatic N) is 1. The maximum Gasteiger partial charge on any atom is 0.282 e. The maximum atomic E-state index is 13.5. The minimum Gasteiger partial charge on any atom is -0.454 e. The molecule has 0 saturated heterocycles. The summed E-state index contributed by atoms with van der Waals surface area (Å²) in [6.45, 7) is 3.92. The summed E-state index contributed by atoms with van der Waals surface area (Å²) in [5.41, 5.74) is 3.62. The number of nitrogens with one attached hydrogen (secondary N) is 1. The van der Waals surface area contributed by atoms with Gasteiger partial charge in [0.05, 0.1) is 11.3 Å². The van der Waals surface area contributed by atoms with Crippen LogP contribution >= 0.6 is 0 Å². The topological polar surface area (TPSA) is 67.9 Å². The lowest BCUT2D eigenvalue weighted by Crippen LogP contribution is -2.33. The highest BCUT2D eigenvalue weighted by atomic mass is 19.1. The molecule has 0 atom stereocenters. The largest absolute Gasteiger partial charge is 0.454 e. The van der Waals surface area contributed by atoms with Crippen LogP contribution in [0.4, 0.5) is 15.8 Å². The van der Waals surface area contributed by atoms with E-state index in [2.05, 4.69) is 5.32 Å². The zero-order valence-corrected chi connectivity index (χ0v) is 17.4. The fraction of sp³-hybridized carbons (Fsp3) is 0.120. The van der Waals surface area contributed by atoms with Gasteiger partial charge in [0.15, 0.2) is 11.5 Å². The predicted octanol–water partition coefficient (Wildman–Crippen LogP) is 4.57. The van der Waals surface area contributed by atoms with Gasteiger partial charge in [0.1, 0.15) is 11.5 Å². The molecule has 0 saturated carbocycles. The number of carbonyl (C=O) groups excluding carboxylic acids is 2. The number of benzene rings is 3. The molecule has 2 amide bonds. The molecule has 0 spiro atoms. The SMILES string of the molecule is Cc1ccc(N2C(=O)C(Nc3ccc4c(c3)OCO4)=C(c3ccc(F)cc3)C2=O)c(C)c1. The summed E-state index contributed by atoms with van der Waals surface area (Å²) in [6, 6.07) is 16.2. The van der Waals surface area contributed by atoms with Gasteiger partial charge in [0.25, 0.3) is 11.8 Å². The lowest BCUT2D eigenvalue weighted by Gasteiger charge is -2.18. The minimum absolute atomic E-state index is 0.112. The number of hydrogen-bond donors (Lipinski definition) is 1. The van der Waals surface area contributed by atoms with Crippen molar-refractivity contribution in [2.75, 3.05) is 17.0 Å². The third kappa shape index (κ3) is 3.28. The molecule has 3 aromatic carbocycles. The second-order valence-electron chi connectivity index (χ2n) is 7.69. The van der Waals surface area contributed by atoms with E-state index in [1.54, 1.807) is 24.3 Å². The van der Waals surface area contributed by atoms with Crippen molar-refractivity contribution in [2.24, 2.45) is 0 Å². The normalized spacial score (nSPS) is 15.0. The average Bonchev–Trinajstić information content (AvgIpc) is 3.32. The Morgan fingerprint density at radius 3 is 2.38 bits per heavy atom. The smallest absolute Gasteiger partial charge is 0.282 e. The Morgan fingerprint density at radius 1 is 0.875 bits per heavy atom. The summed E-state index contributed by atoms with van der Waals surface area (Å²) in [4.78, 5) is 28.1. The number of fused-ring (bicyclic) bond motifs is 1. The lowest BCUT2D eigenvalue weighted by atomic mass is 10.0. The van der Waals surface area contributed by atoms with E-state index in [0.717, 1.165) is 16.0 Å². The van der Waals surface area contributed by atoms with E-state index in [-0.39, 0.29) is 18.1 Å². The monoisotopic (exact) mass is 430 g/mol. The van der Waals surface area contributed by atoms with Crippen LogP contribution in [0.15, 0.2) is 66.4 Å². The first-order valence-electron chi connectivity index (χ1n) is 10.1. The van der Waals surface area contributed by atoms with Crippen LogP contribution in [0.3, 0.4) is 0 Å². The molecule has 0 radical (unpaired) electrons. The molecule has 3 aromatic rings. The molecule has 0 bridgehead atoms. The van der Waals surface area contributed by atoms with E-state index >= 15 is 0 Å². The quantitative estimate of drug-likeness (QED) is 0.615. The Kier molecular flexibility index (Phi) is 4.66. The van der Waals surface area contributed by atoms with E-state index in [1.807, 2.05) is 26.0 Å². The fourth-order valence-electron chi connectivity index (χ4n) is 3.92. The molecule has 6 nitrogen and oxygen atoms in total. The van der Waals surface area contributed by atoms with Crippen molar-refractivity contribution in [2.45, 2.75) is 13.8 Å². The van der Waals surface area contributed by atoms with Crippen LogP contribution < -0.4 is 19.7 Å². The van der Waals surface area contributed by atoms with Gasteiger partial charge >= 0.3 is 0 Å². The molecule has 0 aromatic heterocycles. The number of imide groups is 1. The molecule has 5 rings (SSSR count). The van der Waals surface area contributed by atoms with Gasteiger partial charge in [-0.25, -0.2) is 9.29 Å². The molecule has 0 aliphatic carbocycles. The lowest BCUT2D eigenvalue weighted by molar-refractivity contribution is -0.120. The van der Waals surface area contributed by atoms with Gasteiger partial charge in [-0.2, -0.15) is 0 Å². The molecule has 7 heteroatoms. The van der Waals surface area contributed by atoms with Crippen LogP contribution in [0.25, 0.3) is 5.57 Å². The van der Waals surface area contributed by atoms with Crippen LogP contribution in [-0.2, 0) is 9.59 Å². The Labute approximate surface area is 183 Å². The molecule has 2 aliphatic rings. The van der Waals surface area contributed by atoms with E-state index in [1.165, 1.54) is 24.3 Å². The van der Waals surface area contributed by atoms with E-state index < -0.39 is 17.6 Å². The van der Waals surface area contributed by atoms with E-state index in [9.17, 15) is 14.0 Å².